The Labute approximate surface area is 75.2 Å². The summed E-state index contributed by atoms with van der Waals surface area (Å²) in [5.74, 6) is 0.329. The first-order valence-corrected chi connectivity index (χ1v) is 4.20. The molecular weight excluding hydrogens is 180 g/mol. The first kappa shape index (κ1) is 9.51. The maximum Gasteiger partial charge on any atom is 0.108 e. The Kier molecular flexibility index (Phi) is 3.52. The molecule has 1 aromatic heterocycles. The minimum atomic E-state index is -0.900. The summed E-state index contributed by atoms with van der Waals surface area (Å²) in [5.41, 5.74) is 0.576. The lowest BCUT2D eigenvalue weighted by Gasteiger charge is -2.14. The van der Waals surface area contributed by atoms with Gasteiger partial charge in [0.05, 0.1) is 12.3 Å². The van der Waals surface area contributed by atoms with Gasteiger partial charge in [0.1, 0.15) is 6.10 Å². The minimum Gasteiger partial charge on any atom is -0.390 e. The van der Waals surface area contributed by atoms with Gasteiger partial charge in [-0.3, -0.25) is 5.10 Å². The number of aromatic amines is 1. The summed E-state index contributed by atoms with van der Waals surface area (Å²) in [6.45, 7) is 0. The summed E-state index contributed by atoms with van der Waals surface area (Å²) in [6.07, 6.45) is 1.67. The van der Waals surface area contributed by atoms with E-state index < -0.39 is 12.2 Å². The molecule has 0 aliphatic heterocycles. The van der Waals surface area contributed by atoms with E-state index in [1.807, 2.05) is 0 Å². The molecule has 1 rings (SSSR count). The number of halogens is 1. The van der Waals surface area contributed by atoms with E-state index in [-0.39, 0.29) is 0 Å². The molecule has 2 atom stereocenters. The van der Waals surface area contributed by atoms with Crippen molar-refractivity contribution in [2.75, 3.05) is 5.88 Å². The van der Waals surface area contributed by atoms with Crippen LogP contribution in [-0.2, 0) is 0 Å². The molecule has 0 saturated heterocycles. The van der Waals surface area contributed by atoms with Crippen LogP contribution in [0.3, 0.4) is 0 Å². The molecule has 0 saturated carbocycles. The maximum absolute atomic E-state index is 9.44. The molecule has 68 valence electrons. The normalized spacial score (nSPS) is 15.9. The zero-order chi connectivity index (χ0) is 8.97. The smallest absolute Gasteiger partial charge is 0.108 e. The molecule has 3 N–H and O–H groups in total. The van der Waals surface area contributed by atoms with Gasteiger partial charge in [-0.2, -0.15) is 5.10 Å². The van der Waals surface area contributed by atoms with Crippen molar-refractivity contribution in [3.8, 4) is 0 Å². The van der Waals surface area contributed by atoms with E-state index in [9.17, 15) is 10.2 Å². The number of alkyl halides is 1. The first-order chi connectivity index (χ1) is 5.75. The van der Waals surface area contributed by atoms with Crippen molar-refractivity contribution < 1.29 is 10.2 Å². The molecule has 0 spiro atoms. The molecular formula is C7H11ClN2O2. The molecule has 1 heterocycles. The highest BCUT2D eigenvalue weighted by molar-refractivity contribution is 6.17. The second kappa shape index (κ2) is 4.45. The Bertz CT molecular complexity index is 215. The second-order valence-corrected chi connectivity index (χ2v) is 2.90. The Morgan fingerprint density at radius 3 is 2.83 bits per heavy atom. The first-order valence-electron chi connectivity index (χ1n) is 3.66. The fourth-order valence-corrected chi connectivity index (χ4v) is 1.14. The Morgan fingerprint density at radius 1 is 1.58 bits per heavy atom. The van der Waals surface area contributed by atoms with Crippen molar-refractivity contribution in [1.29, 1.82) is 0 Å². The van der Waals surface area contributed by atoms with Crippen molar-refractivity contribution in [3.05, 3.63) is 18.0 Å². The predicted octanol–water partition coefficient (Wildman–Crippen LogP) is 0.433. The predicted molar refractivity (Wildman–Crippen MR) is 44.9 cm³/mol. The van der Waals surface area contributed by atoms with Crippen LogP contribution in [0, 0.1) is 0 Å². The van der Waals surface area contributed by atoms with Gasteiger partial charge in [0.25, 0.3) is 0 Å². The number of hydrogen-bond donors (Lipinski definition) is 3. The average Bonchev–Trinajstić information content (AvgIpc) is 2.55. The molecule has 4 nitrogen and oxygen atoms in total. The van der Waals surface area contributed by atoms with Gasteiger partial charge in [-0.15, -0.1) is 11.6 Å². The maximum atomic E-state index is 9.44. The summed E-state index contributed by atoms with van der Waals surface area (Å²) in [4.78, 5) is 0. The highest BCUT2D eigenvalue weighted by Crippen LogP contribution is 2.17. The van der Waals surface area contributed by atoms with Crippen LogP contribution in [0.2, 0.25) is 0 Å². The molecule has 2 unspecified atom stereocenters. The van der Waals surface area contributed by atoms with Crippen LogP contribution in [-0.4, -0.2) is 32.4 Å². The van der Waals surface area contributed by atoms with Crippen LogP contribution in [0.1, 0.15) is 18.1 Å². The minimum absolute atomic E-state index is 0.329. The van der Waals surface area contributed by atoms with Crippen LogP contribution in [0.4, 0.5) is 0 Å². The Morgan fingerprint density at radius 2 is 2.33 bits per heavy atom. The SMILES string of the molecule is OC(CCCl)C(O)c1cn[nH]c1. The monoisotopic (exact) mass is 190 g/mol. The molecule has 0 aromatic carbocycles. The van der Waals surface area contributed by atoms with Crippen LogP contribution in [0.5, 0.6) is 0 Å². The highest BCUT2D eigenvalue weighted by atomic mass is 35.5. The molecule has 5 heteroatoms. The fourth-order valence-electron chi connectivity index (χ4n) is 0.914. The molecule has 0 aliphatic rings. The summed E-state index contributed by atoms with van der Waals surface area (Å²) in [7, 11) is 0. The van der Waals surface area contributed by atoms with Crippen molar-refractivity contribution in [2.24, 2.45) is 0 Å². The van der Waals surface area contributed by atoms with Crippen LogP contribution >= 0.6 is 11.6 Å². The lowest BCUT2D eigenvalue weighted by Crippen LogP contribution is -2.18. The number of nitrogens with zero attached hydrogens (tertiary/aromatic N) is 1. The van der Waals surface area contributed by atoms with Crippen molar-refractivity contribution in [3.63, 3.8) is 0 Å². The molecule has 0 radical (unpaired) electrons. The third kappa shape index (κ3) is 2.20. The second-order valence-electron chi connectivity index (χ2n) is 2.52. The standard InChI is InChI=1S/C7H11ClN2O2/c8-2-1-6(11)7(12)5-3-9-10-4-5/h3-4,6-7,11-12H,1-2H2,(H,9,10). The van der Waals surface area contributed by atoms with Crippen LogP contribution in [0.15, 0.2) is 12.4 Å². The van der Waals surface area contributed by atoms with E-state index in [0.717, 1.165) is 0 Å². The highest BCUT2D eigenvalue weighted by Gasteiger charge is 2.17. The number of rotatable bonds is 4. The third-order valence-electron chi connectivity index (χ3n) is 1.63. The number of aliphatic hydroxyl groups is 2. The molecule has 12 heavy (non-hydrogen) atoms. The zero-order valence-electron chi connectivity index (χ0n) is 6.44. The number of H-pyrrole nitrogens is 1. The lowest BCUT2D eigenvalue weighted by molar-refractivity contribution is 0.0170. The van der Waals surface area contributed by atoms with Gasteiger partial charge in [0, 0.05) is 17.6 Å². The third-order valence-corrected chi connectivity index (χ3v) is 1.85. The number of nitrogens with one attached hydrogen (secondary N) is 1. The van der Waals surface area contributed by atoms with E-state index in [4.69, 9.17) is 11.6 Å². The quantitative estimate of drug-likeness (QED) is 0.604. The summed E-state index contributed by atoms with van der Waals surface area (Å²) < 4.78 is 0. The van der Waals surface area contributed by atoms with Gasteiger partial charge in [0.15, 0.2) is 0 Å². The number of hydrogen-bond acceptors (Lipinski definition) is 3. The van der Waals surface area contributed by atoms with E-state index in [1.165, 1.54) is 6.20 Å². The van der Waals surface area contributed by atoms with E-state index in [1.54, 1.807) is 6.20 Å². The van der Waals surface area contributed by atoms with Crippen molar-refractivity contribution in [2.45, 2.75) is 18.6 Å². The Hall–Kier alpha value is -0.580. The molecule has 0 fully saturated rings. The molecule has 0 aliphatic carbocycles. The summed E-state index contributed by atoms with van der Waals surface area (Å²) >= 11 is 5.41. The molecule has 1 aromatic rings. The van der Waals surface area contributed by atoms with E-state index in [0.29, 0.717) is 17.9 Å². The summed E-state index contributed by atoms with van der Waals surface area (Å²) in [6, 6.07) is 0. The van der Waals surface area contributed by atoms with Gasteiger partial charge in [0.2, 0.25) is 0 Å². The molecule has 0 bridgehead atoms. The van der Waals surface area contributed by atoms with Gasteiger partial charge >= 0.3 is 0 Å². The number of aliphatic hydroxyl groups excluding tert-OH is 2. The van der Waals surface area contributed by atoms with Gasteiger partial charge in [-0.1, -0.05) is 0 Å². The zero-order valence-corrected chi connectivity index (χ0v) is 7.20. The molecule has 0 amide bonds. The van der Waals surface area contributed by atoms with Crippen molar-refractivity contribution in [1.82, 2.24) is 10.2 Å². The van der Waals surface area contributed by atoms with Gasteiger partial charge in [-0.05, 0) is 6.42 Å². The largest absolute Gasteiger partial charge is 0.390 e. The average molecular weight is 191 g/mol. The van der Waals surface area contributed by atoms with E-state index >= 15 is 0 Å². The topological polar surface area (TPSA) is 69.1 Å². The Balaban J connectivity index is 2.53. The van der Waals surface area contributed by atoms with Crippen LogP contribution in [0.25, 0.3) is 0 Å². The number of aromatic nitrogens is 2. The van der Waals surface area contributed by atoms with Gasteiger partial charge < -0.3 is 10.2 Å². The van der Waals surface area contributed by atoms with Gasteiger partial charge in [-0.25, -0.2) is 0 Å². The fraction of sp³-hybridized carbons (Fsp3) is 0.571. The van der Waals surface area contributed by atoms with E-state index in [2.05, 4.69) is 10.2 Å². The van der Waals surface area contributed by atoms with Crippen LogP contribution < -0.4 is 0 Å². The lowest BCUT2D eigenvalue weighted by atomic mass is 10.1. The summed E-state index contributed by atoms with van der Waals surface area (Å²) in [5, 5.41) is 25.0. The van der Waals surface area contributed by atoms with Crippen molar-refractivity contribution >= 4 is 11.6 Å².